The Balaban J connectivity index is 1.10. The predicted molar refractivity (Wildman–Crippen MR) is 181 cm³/mol. The molecule has 46 heavy (non-hydrogen) atoms. The fourth-order valence-electron chi connectivity index (χ4n) is 6.07. The Hall–Kier alpha value is -3.95. The highest BCUT2D eigenvalue weighted by Gasteiger charge is 2.51. The molecule has 2 atom stereocenters. The molecule has 0 unspecified atom stereocenters. The minimum atomic E-state index is -0.772. The normalized spacial score (nSPS) is 17.6. The number of hydrogen-bond acceptors (Lipinski definition) is 6. The number of benzene rings is 3. The molecule has 0 saturated carbocycles. The number of ether oxygens (including phenoxy) is 1. The van der Waals surface area contributed by atoms with Gasteiger partial charge in [0, 0.05) is 23.9 Å². The lowest BCUT2D eigenvalue weighted by Gasteiger charge is -2.32. The highest BCUT2D eigenvalue weighted by Crippen LogP contribution is 2.44. The zero-order chi connectivity index (χ0) is 33.2. The van der Waals surface area contributed by atoms with Crippen molar-refractivity contribution in [3.63, 3.8) is 0 Å². The van der Waals surface area contributed by atoms with E-state index in [1.54, 1.807) is 19.1 Å². The van der Waals surface area contributed by atoms with Gasteiger partial charge in [0.1, 0.15) is 12.6 Å². The summed E-state index contributed by atoms with van der Waals surface area (Å²) in [6.45, 7) is 13.8. The third-order valence-corrected chi connectivity index (χ3v) is 9.63. The molecule has 0 bridgehead atoms. The molecular formula is C37H45BN2O6. The zero-order valence-electron chi connectivity index (χ0n) is 27.9. The number of anilines is 1. The molecule has 0 aromatic heterocycles. The molecule has 2 amide bonds. The maximum absolute atomic E-state index is 13.2. The second-order valence-electron chi connectivity index (χ2n) is 13.7. The van der Waals surface area contributed by atoms with Gasteiger partial charge in [-0.05, 0) is 86.8 Å². The molecule has 3 aromatic rings. The first-order valence-corrected chi connectivity index (χ1v) is 16.2. The van der Waals surface area contributed by atoms with Gasteiger partial charge in [-0.15, -0.1) is 0 Å². The van der Waals surface area contributed by atoms with Crippen molar-refractivity contribution in [3.8, 4) is 11.1 Å². The van der Waals surface area contributed by atoms with Crippen LogP contribution in [-0.2, 0) is 28.4 Å². The minimum absolute atomic E-state index is 0.0141. The van der Waals surface area contributed by atoms with Gasteiger partial charge in [0.2, 0.25) is 11.8 Å². The summed E-state index contributed by atoms with van der Waals surface area (Å²) in [5.41, 5.74) is 5.23. The van der Waals surface area contributed by atoms with Crippen molar-refractivity contribution < 1.29 is 28.4 Å². The van der Waals surface area contributed by atoms with Crippen molar-refractivity contribution in [2.24, 2.45) is 11.8 Å². The Morgan fingerprint density at radius 2 is 1.35 bits per heavy atom. The quantitative estimate of drug-likeness (QED) is 0.206. The number of fused-ring (bicyclic) bond motifs is 3. The van der Waals surface area contributed by atoms with Crippen LogP contribution in [0.4, 0.5) is 5.69 Å². The second kappa shape index (κ2) is 13.4. The lowest BCUT2D eigenvalue weighted by Crippen LogP contribution is -2.45. The molecule has 1 saturated heterocycles. The number of esters is 1. The largest absolute Gasteiger partial charge is 0.494 e. The zero-order valence-corrected chi connectivity index (χ0v) is 27.9. The molecule has 8 nitrogen and oxygen atoms in total. The fraction of sp³-hybridized carbons (Fsp3) is 0.432. The van der Waals surface area contributed by atoms with Crippen molar-refractivity contribution in [1.82, 2.24) is 5.32 Å². The average molecular weight is 625 g/mol. The van der Waals surface area contributed by atoms with E-state index < -0.39 is 30.3 Å². The van der Waals surface area contributed by atoms with Crippen LogP contribution in [0.1, 0.15) is 78.4 Å². The lowest BCUT2D eigenvalue weighted by atomic mass is 9.79. The summed E-state index contributed by atoms with van der Waals surface area (Å²) < 4.78 is 18.0. The van der Waals surface area contributed by atoms with Gasteiger partial charge in [0.25, 0.3) is 0 Å². The van der Waals surface area contributed by atoms with Gasteiger partial charge in [-0.2, -0.15) is 0 Å². The van der Waals surface area contributed by atoms with Crippen LogP contribution >= 0.6 is 0 Å². The third kappa shape index (κ3) is 7.06. The van der Waals surface area contributed by atoms with Crippen LogP contribution in [0.5, 0.6) is 0 Å². The van der Waals surface area contributed by atoms with Gasteiger partial charge in [0.05, 0.1) is 11.2 Å². The predicted octanol–water partition coefficient (Wildman–Crippen LogP) is 5.84. The number of carbonyl (C=O) groups is 3. The molecule has 242 valence electrons. The van der Waals surface area contributed by atoms with Crippen LogP contribution in [0.2, 0.25) is 0 Å². The van der Waals surface area contributed by atoms with E-state index in [-0.39, 0.29) is 42.6 Å². The van der Waals surface area contributed by atoms with E-state index in [9.17, 15) is 14.4 Å². The van der Waals surface area contributed by atoms with Crippen LogP contribution in [0.15, 0.2) is 72.8 Å². The van der Waals surface area contributed by atoms with Crippen LogP contribution in [-0.4, -0.2) is 48.8 Å². The second-order valence-corrected chi connectivity index (χ2v) is 13.7. The van der Waals surface area contributed by atoms with Gasteiger partial charge in [0.15, 0.2) is 0 Å². The summed E-state index contributed by atoms with van der Waals surface area (Å²) in [6.07, 6.45) is 0.441. The molecular weight excluding hydrogens is 579 g/mol. The van der Waals surface area contributed by atoms with Gasteiger partial charge in [-0.25, -0.2) is 0 Å². The number of amides is 2. The van der Waals surface area contributed by atoms with Crippen molar-refractivity contribution in [3.05, 3.63) is 83.9 Å². The molecule has 1 aliphatic heterocycles. The topological polar surface area (TPSA) is 103 Å². The number of nitrogens with one attached hydrogen (secondary N) is 2. The van der Waals surface area contributed by atoms with E-state index >= 15 is 0 Å². The SMILES string of the molecule is CC(C)[C@H](CCC(=O)OCC1c2ccccc2-c2ccccc21)C(=O)N[C@@H](C)C(=O)Nc1ccc(B2OC(C)(C)C(C)(C)O2)cc1. The summed E-state index contributed by atoms with van der Waals surface area (Å²) in [4.78, 5) is 39.0. The Morgan fingerprint density at radius 3 is 1.89 bits per heavy atom. The monoisotopic (exact) mass is 624 g/mol. The van der Waals surface area contributed by atoms with Gasteiger partial charge in [-0.1, -0.05) is 74.5 Å². The summed E-state index contributed by atoms with van der Waals surface area (Å²) in [5, 5.41) is 5.70. The average Bonchev–Trinajstić information content (AvgIpc) is 3.44. The van der Waals surface area contributed by atoms with Gasteiger partial charge < -0.3 is 24.7 Å². The van der Waals surface area contributed by atoms with Crippen molar-refractivity contribution in [2.45, 2.75) is 84.5 Å². The van der Waals surface area contributed by atoms with E-state index in [2.05, 4.69) is 34.9 Å². The highest BCUT2D eigenvalue weighted by molar-refractivity contribution is 6.62. The maximum atomic E-state index is 13.2. The van der Waals surface area contributed by atoms with Gasteiger partial charge >= 0.3 is 13.1 Å². The first kappa shape index (κ1) is 33.4. The highest BCUT2D eigenvalue weighted by atomic mass is 16.7. The molecule has 3 aromatic carbocycles. The van der Waals surface area contributed by atoms with Crippen molar-refractivity contribution in [2.75, 3.05) is 11.9 Å². The molecule has 1 fully saturated rings. The number of rotatable bonds is 11. The number of hydrogen-bond donors (Lipinski definition) is 2. The standard InChI is InChI=1S/C37H45BN2O6/c1-23(2)27(20-21-33(41)44-22-32-30-14-10-8-12-28(30)29-13-9-11-15-31(29)32)35(43)39-24(3)34(42)40-26-18-16-25(17-19-26)38-45-36(4,5)37(6,7)46-38/h8-19,23-24,27,32H,20-22H2,1-7H3,(H,39,43)(H,40,42)/t24-,27-/m0/s1. The molecule has 9 heteroatoms. The summed E-state index contributed by atoms with van der Waals surface area (Å²) >= 11 is 0. The first-order chi connectivity index (χ1) is 21.8. The summed E-state index contributed by atoms with van der Waals surface area (Å²) in [6, 6.07) is 22.9. The van der Waals surface area contributed by atoms with Crippen LogP contribution in [0, 0.1) is 11.8 Å². The van der Waals surface area contributed by atoms with Crippen LogP contribution < -0.4 is 16.1 Å². The van der Waals surface area contributed by atoms with E-state index in [4.69, 9.17) is 14.0 Å². The minimum Gasteiger partial charge on any atom is -0.465 e. The van der Waals surface area contributed by atoms with E-state index in [0.717, 1.165) is 16.6 Å². The Morgan fingerprint density at radius 1 is 0.804 bits per heavy atom. The van der Waals surface area contributed by atoms with Crippen molar-refractivity contribution in [1.29, 1.82) is 0 Å². The van der Waals surface area contributed by atoms with Crippen molar-refractivity contribution >= 4 is 36.1 Å². The summed E-state index contributed by atoms with van der Waals surface area (Å²) in [5.74, 6) is -1.43. The Kier molecular flexibility index (Phi) is 9.75. The third-order valence-electron chi connectivity index (χ3n) is 9.63. The fourth-order valence-corrected chi connectivity index (χ4v) is 6.07. The van der Waals surface area contributed by atoms with E-state index in [1.807, 2.05) is 77.9 Å². The maximum Gasteiger partial charge on any atom is 0.494 e. The van der Waals surface area contributed by atoms with E-state index in [1.165, 1.54) is 11.1 Å². The smallest absolute Gasteiger partial charge is 0.465 e. The van der Waals surface area contributed by atoms with Crippen LogP contribution in [0.25, 0.3) is 11.1 Å². The molecule has 2 aliphatic rings. The first-order valence-electron chi connectivity index (χ1n) is 16.2. The Bertz CT molecular complexity index is 1520. The lowest BCUT2D eigenvalue weighted by molar-refractivity contribution is -0.144. The van der Waals surface area contributed by atoms with Gasteiger partial charge in [-0.3, -0.25) is 14.4 Å². The number of carbonyl (C=O) groups excluding carboxylic acids is 3. The summed E-state index contributed by atoms with van der Waals surface area (Å²) in [7, 11) is -0.491. The molecule has 2 N–H and O–H groups in total. The molecule has 0 radical (unpaired) electrons. The molecule has 5 rings (SSSR count). The Labute approximate surface area is 272 Å². The van der Waals surface area contributed by atoms with Crippen LogP contribution in [0.3, 0.4) is 0 Å². The molecule has 0 spiro atoms. The van der Waals surface area contributed by atoms with E-state index in [0.29, 0.717) is 12.1 Å². The molecule has 1 aliphatic carbocycles. The molecule has 1 heterocycles.